The van der Waals surface area contributed by atoms with Gasteiger partial charge in [-0.25, -0.2) is 9.18 Å². The number of nitrogens with zero attached hydrogens (tertiary/aromatic N) is 2. The summed E-state index contributed by atoms with van der Waals surface area (Å²) < 4.78 is 15.4. The van der Waals surface area contributed by atoms with Gasteiger partial charge in [0.15, 0.2) is 0 Å². The van der Waals surface area contributed by atoms with E-state index in [-0.39, 0.29) is 11.4 Å². The lowest BCUT2D eigenvalue weighted by Crippen LogP contribution is -2.44. The zero-order chi connectivity index (χ0) is 13.0. The van der Waals surface area contributed by atoms with Gasteiger partial charge in [-0.15, -0.1) is 0 Å². The quantitative estimate of drug-likeness (QED) is 0.755. The first-order chi connectivity index (χ1) is 8.50. The van der Waals surface area contributed by atoms with Crippen LogP contribution in [0.3, 0.4) is 0 Å². The van der Waals surface area contributed by atoms with Gasteiger partial charge in [-0.1, -0.05) is 0 Å². The molecule has 1 fully saturated rings. The molecule has 0 amide bonds. The van der Waals surface area contributed by atoms with E-state index in [4.69, 9.17) is 5.84 Å². The van der Waals surface area contributed by atoms with E-state index in [2.05, 4.69) is 0 Å². The fourth-order valence-electron chi connectivity index (χ4n) is 2.32. The second-order valence-electron chi connectivity index (χ2n) is 4.68. The number of halogens is 1. The highest BCUT2D eigenvalue weighted by Gasteiger charge is 2.28. The van der Waals surface area contributed by atoms with Crippen molar-refractivity contribution >= 4 is 10.9 Å². The standard InChI is InChI=1S/C12H12FN3O2/c1-6-4-7(13)5-9-10(6)15(8-2-3-8)12(18)16(14)11(9)17/h4-5,8H,2-3,14H2,1H3. The van der Waals surface area contributed by atoms with E-state index in [1.165, 1.54) is 10.6 Å². The van der Waals surface area contributed by atoms with Crippen molar-refractivity contribution in [3.8, 4) is 0 Å². The minimum absolute atomic E-state index is 0.0690. The predicted molar refractivity (Wildman–Crippen MR) is 65.6 cm³/mol. The zero-order valence-corrected chi connectivity index (χ0v) is 9.81. The number of rotatable bonds is 1. The molecule has 0 bridgehead atoms. The molecule has 2 aromatic rings. The van der Waals surface area contributed by atoms with E-state index in [1.807, 2.05) is 0 Å². The van der Waals surface area contributed by atoms with Crippen LogP contribution in [0.2, 0.25) is 0 Å². The maximum Gasteiger partial charge on any atom is 0.350 e. The van der Waals surface area contributed by atoms with Gasteiger partial charge in [0, 0.05) is 6.04 Å². The van der Waals surface area contributed by atoms with Crippen LogP contribution >= 0.6 is 0 Å². The van der Waals surface area contributed by atoms with Crippen molar-refractivity contribution < 1.29 is 4.39 Å². The molecule has 0 radical (unpaired) electrons. The average Bonchev–Trinajstić information content (AvgIpc) is 3.12. The van der Waals surface area contributed by atoms with Crippen LogP contribution in [0.15, 0.2) is 21.7 Å². The number of hydrogen-bond acceptors (Lipinski definition) is 3. The van der Waals surface area contributed by atoms with Crippen LogP contribution in [0.1, 0.15) is 24.4 Å². The van der Waals surface area contributed by atoms with Gasteiger partial charge in [0.1, 0.15) is 5.82 Å². The van der Waals surface area contributed by atoms with Crippen LogP contribution in [-0.4, -0.2) is 9.24 Å². The molecule has 0 spiro atoms. The molecule has 2 N–H and O–H groups in total. The molecule has 1 heterocycles. The smallest absolute Gasteiger partial charge is 0.332 e. The largest absolute Gasteiger partial charge is 0.350 e. The third-order valence-corrected chi connectivity index (χ3v) is 3.28. The fraction of sp³-hybridized carbons (Fsp3) is 0.333. The van der Waals surface area contributed by atoms with Crippen LogP contribution in [0.25, 0.3) is 10.9 Å². The van der Waals surface area contributed by atoms with Crippen LogP contribution in [0.5, 0.6) is 0 Å². The van der Waals surface area contributed by atoms with E-state index >= 15 is 0 Å². The minimum atomic E-state index is -0.658. The minimum Gasteiger partial charge on any atom is -0.332 e. The van der Waals surface area contributed by atoms with Gasteiger partial charge < -0.3 is 5.84 Å². The molecule has 1 aliphatic rings. The molecule has 1 aromatic carbocycles. The Bertz CT molecular complexity index is 771. The van der Waals surface area contributed by atoms with Crippen molar-refractivity contribution in [3.63, 3.8) is 0 Å². The zero-order valence-electron chi connectivity index (χ0n) is 9.81. The Hall–Kier alpha value is -2.11. The molecule has 0 unspecified atom stereocenters. The van der Waals surface area contributed by atoms with Gasteiger partial charge in [-0.05, 0) is 37.5 Å². The fourth-order valence-corrected chi connectivity index (χ4v) is 2.32. The molecule has 1 aliphatic carbocycles. The van der Waals surface area contributed by atoms with Gasteiger partial charge in [-0.2, -0.15) is 4.68 Å². The van der Waals surface area contributed by atoms with Crippen molar-refractivity contribution in [2.75, 3.05) is 5.84 Å². The summed E-state index contributed by atoms with van der Waals surface area (Å²) in [6.07, 6.45) is 1.76. The second-order valence-corrected chi connectivity index (χ2v) is 4.68. The van der Waals surface area contributed by atoms with E-state index in [0.717, 1.165) is 18.9 Å². The monoisotopic (exact) mass is 249 g/mol. The number of benzene rings is 1. The van der Waals surface area contributed by atoms with Crippen molar-refractivity contribution in [2.45, 2.75) is 25.8 Å². The van der Waals surface area contributed by atoms with E-state index in [0.29, 0.717) is 15.8 Å². The SMILES string of the molecule is Cc1cc(F)cc2c(=O)n(N)c(=O)n(C3CC3)c12. The van der Waals surface area contributed by atoms with Gasteiger partial charge >= 0.3 is 5.69 Å². The maximum absolute atomic E-state index is 13.4. The molecule has 1 saturated carbocycles. The van der Waals surface area contributed by atoms with Gasteiger partial charge in [0.25, 0.3) is 5.56 Å². The summed E-state index contributed by atoms with van der Waals surface area (Å²) in [5, 5.41) is 0.154. The van der Waals surface area contributed by atoms with Crippen molar-refractivity contribution in [2.24, 2.45) is 0 Å². The summed E-state index contributed by atoms with van der Waals surface area (Å²) in [5.74, 6) is 4.96. The lowest BCUT2D eigenvalue weighted by atomic mass is 10.1. The highest BCUT2D eigenvalue weighted by molar-refractivity contribution is 5.81. The molecule has 0 atom stereocenters. The summed E-state index contributed by atoms with van der Waals surface area (Å²) >= 11 is 0. The summed E-state index contributed by atoms with van der Waals surface area (Å²) in [6.45, 7) is 1.68. The van der Waals surface area contributed by atoms with E-state index in [9.17, 15) is 14.0 Å². The molecule has 3 rings (SSSR count). The molecule has 94 valence electrons. The lowest BCUT2D eigenvalue weighted by Gasteiger charge is -2.12. The normalized spacial score (nSPS) is 15.2. The molecular formula is C12H12FN3O2. The van der Waals surface area contributed by atoms with Crippen LogP contribution in [0, 0.1) is 12.7 Å². The second kappa shape index (κ2) is 3.44. The Kier molecular flexibility index (Phi) is 2.10. The van der Waals surface area contributed by atoms with E-state index in [1.54, 1.807) is 6.92 Å². The highest BCUT2D eigenvalue weighted by atomic mass is 19.1. The van der Waals surface area contributed by atoms with Crippen molar-refractivity contribution in [3.05, 3.63) is 44.4 Å². The Labute approximate surface area is 101 Å². The van der Waals surface area contributed by atoms with Gasteiger partial charge in [0.05, 0.1) is 10.9 Å². The first kappa shape index (κ1) is 11.0. The summed E-state index contributed by atoms with van der Waals surface area (Å²) in [5.41, 5.74) is -0.124. The van der Waals surface area contributed by atoms with Gasteiger partial charge in [0.2, 0.25) is 0 Å². The number of fused-ring (bicyclic) bond motifs is 1. The highest BCUT2D eigenvalue weighted by Crippen LogP contribution is 2.35. The van der Waals surface area contributed by atoms with Crippen LogP contribution < -0.4 is 17.1 Å². The number of hydrogen-bond donors (Lipinski definition) is 1. The van der Waals surface area contributed by atoms with Crippen molar-refractivity contribution in [1.82, 2.24) is 9.24 Å². The predicted octanol–water partition coefficient (Wildman–Crippen LogP) is 0.659. The van der Waals surface area contributed by atoms with Crippen molar-refractivity contribution in [1.29, 1.82) is 0 Å². The summed E-state index contributed by atoms with van der Waals surface area (Å²) in [4.78, 5) is 23.9. The molecule has 1 aromatic heterocycles. The number of aromatic nitrogens is 2. The first-order valence-electron chi connectivity index (χ1n) is 5.73. The lowest BCUT2D eigenvalue weighted by molar-refractivity contribution is 0.623. The maximum atomic E-state index is 13.4. The third-order valence-electron chi connectivity index (χ3n) is 3.28. The number of nitrogens with two attached hydrogens (primary N) is 1. The number of aryl methyl sites for hydroxylation is 1. The first-order valence-corrected chi connectivity index (χ1v) is 5.73. The average molecular weight is 249 g/mol. The Morgan fingerprint density at radius 2 is 2.00 bits per heavy atom. The topological polar surface area (TPSA) is 70.0 Å². The van der Waals surface area contributed by atoms with Crippen LogP contribution in [-0.2, 0) is 0 Å². The summed E-state index contributed by atoms with van der Waals surface area (Å²) in [6, 6.07) is 2.52. The molecular weight excluding hydrogens is 237 g/mol. The van der Waals surface area contributed by atoms with Crippen LogP contribution in [0.4, 0.5) is 4.39 Å². The Morgan fingerprint density at radius 3 is 2.61 bits per heavy atom. The Morgan fingerprint density at radius 1 is 1.33 bits per heavy atom. The van der Waals surface area contributed by atoms with Gasteiger partial charge in [-0.3, -0.25) is 9.36 Å². The molecule has 6 heteroatoms. The third kappa shape index (κ3) is 1.38. The molecule has 0 saturated heterocycles. The van der Waals surface area contributed by atoms with E-state index < -0.39 is 17.1 Å². The molecule has 5 nitrogen and oxygen atoms in total. The molecule has 0 aliphatic heterocycles. The summed E-state index contributed by atoms with van der Waals surface area (Å²) in [7, 11) is 0. The number of nitrogen functional groups attached to an aromatic ring is 1. The molecule has 18 heavy (non-hydrogen) atoms. The Balaban J connectivity index is 2.60.